The van der Waals surface area contributed by atoms with Crippen LogP contribution in [0.3, 0.4) is 0 Å². The number of aliphatic hydroxyl groups is 1. The fraction of sp³-hybridized carbons (Fsp3) is 0.400. The number of nitrogens with two attached hydrogens (primary N) is 1. The van der Waals surface area contributed by atoms with Gasteiger partial charge in [0, 0.05) is 19.3 Å². The van der Waals surface area contributed by atoms with Gasteiger partial charge >= 0.3 is 6.36 Å². The number of hydrogen-bond donors (Lipinski definition) is 3. The molecule has 188 valence electrons. The molecule has 2 rings (SSSR count). The first-order valence-corrected chi connectivity index (χ1v) is 11.4. The normalized spacial score (nSPS) is 12.9. The van der Waals surface area contributed by atoms with Gasteiger partial charge in [0.2, 0.25) is 9.84 Å². The highest BCUT2D eigenvalue weighted by Gasteiger charge is 2.31. The lowest BCUT2D eigenvalue weighted by molar-refractivity contribution is -0.274. The van der Waals surface area contributed by atoms with Crippen LogP contribution in [0.2, 0.25) is 0 Å². The molecule has 0 aliphatic carbocycles. The van der Waals surface area contributed by atoms with E-state index in [1.54, 1.807) is 0 Å². The van der Waals surface area contributed by atoms with Crippen molar-refractivity contribution in [1.82, 2.24) is 10.3 Å². The summed E-state index contributed by atoms with van der Waals surface area (Å²) in [4.78, 5) is 15.4. The highest BCUT2D eigenvalue weighted by Crippen LogP contribution is 2.27. The van der Waals surface area contributed by atoms with Crippen molar-refractivity contribution < 1.29 is 45.7 Å². The molecule has 0 fully saturated rings. The van der Waals surface area contributed by atoms with Crippen molar-refractivity contribution in [2.45, 2.75) is 29.2 Å². The monoisotopic (exact) mass is 507 g/mol. The summed E-state index contributed by atoms with van der Waals surface area (Å²) in [5.41, 5.74) is 5.27. The summed E-state index contributed by atoms with van der Waals surface area (Å²) in [7, 11) is -4.18. The molecule has 0 spiro atoms. The number of amides is 1. The third-order valence-electron chi connectivity index (χ3n) is 4.17. The van der Waals surface area contributed by atoms with Gasteiger partial charge in [0.15, 0.2) is 5.69 Å². The predicted octanol–water partition coefficient (Wildman–Crippen LogP) is 1.54. The van der Waals surface area contributed by atoms with Crippen LogP contribution >= 0.6 is 0 Å². The molecule has 1 amide bonds. The Bertz CT molecular complexity index is 1060. The number of alkyl halides is 3. The molecule has 0 saturated heterocycles. The van der Waals surface area contributed by atoms with Gasteiger partial charge in [0.05, 0.1) is 41.4 Å². The van der Waals surface area contributed by atoms with E-state index in [0.717, 1.165) is 36.5 Å². The van der Waals surface area contributed by atoms with Crippen LogP contribution in [-0.4, -0.2) is 69.9 Å². The minimum atomic E-state index is -4.91. The number of nitrogens with one attached hydrogen (secondary N) is 1. The summed E-state index contributed by atoms with van der Waals surface area (Å²) < 4.78 is 76.2. The molecule has 0 saturated carbocycles. The molecule has 4 N–H and O–H groups in total. The van der Waals surface area contributed by atoms with Gasteiger partial charge in [0.1, 0.15) is 5.75 Å². The largest absolute Gasteiger partial charge is 0.573 e. The van der Waals surface area contributed by atoms with Gasteiger partial charge in [-0.2, -0.15) is 0 Å². The predicted molar refractivity (Wildman–Crippen MR) is 113 cm³/mol. The Labute approximate surface area is 193 Å². The zero-order valence-electron chi connectivity index (χ0n) is 18.0. The maximum Gasteiger partial charge on any atom is 0.573 e. The molecule has 0 aliphatic rings. The smallest absolute Gasteiger partial charge is 0.406 e. The standard InChI is InChI=1S/C20H24F3N3O7S/c1-2-31-7-8-32-12-13(27)10-26-19(28)18-17(24)9-16(11-25-18)34(29,30)15-5-3-14(4-6-15)33-20(21,22)23/h3-6,9,11,13,27H,2,7-8,10,12,24H2,1H3,(H,26,28). The Hall–Kier alpha value is -2.94. The molecule has 1 heterocycles. The van der Waals surface area contributed by atoms with Crippen LogP contribution in [0.5, 0.6) is 5.75 Å². The van der Waals surface area contributed by atoms with E-state index in [1.807, 2.05) is 6.92 Å². The number of aromatic nitrogens is 1. The summed E-state index contributed by atoms with van der Waals surface area (Å²) in [5.74, 6) is -1.33. The molecule has 1 aromatic carbocycles. The molecule has 10 nitrogen and oxygen atoms in total. The third kappa shape index (κ3) is 8.13. The quantitative estimate of drug-likeness (QED) is 0.364. The Morgan fingerprint density at radius 2 is 1.82 bits per heavy atom. The number of pyridine rings is 1. The maximum absolute atomic E-state index is 12.7. The molecule has 2 aromatic rings. The second-order valence-electron chi connectivity index (χ2n) is 6.77. The number of nitrogen functional groups attached to an aromatic ring is 1. The first-order chi connectivity index (χ1) is 15.9. The van der Waals surface area contributed by atoms with Gasteiger partial charge in [-0.05, 0) is 37.3 Å². The molecule has 0 aliphatic heterocycles. The van der Waals surface area contributed by atoms with Crippen LogP contribution in [0, 0.1) is 0 Å². The van der Waals surface area contributed by atoms with Crippen LogP contribution in [0.4, 0.5) is 18.9 Å². The molecule has 34 heavy (non-hydrogen) atoms. The SMILES string of the molecule is CCOCCOCC(O)CNC(=O)c1ncc(S(=O)(=O)c2ccc(OC(F)(F)F)cc2)cc1N. The lowest BCUT2D eigenvalue weighted by Gasteiger charge is -2.13. The second-order valence-corrected chi connectivity index (χ2v) is 8.72. The van der Waals surface area contributed by atoms with Crippen molar-refractivity contribution in [1.29, 1.82) is 0 Å². The highest BCUT2D eigenvalue weighted by molar-refractivity contribution is 7.91. The molecular weight excluding hydrogens is 483 g/mol. The average Bonchev–Trinajstić information content (AvgIpc) is 2.76. The van der Waals surface area contributed by atoms with Gasteiger partial charge in [-0.15, -0.1) is 13.2 Å². The van der Waals surface area contributed by atoms with Gasteiger partial charge < -0.3 is 30.4 Å². The Morgan fingerprint density at radius 1 is 1.18 bits per heavy atom. The Morgan fingerprint density at radius 3 is 2.41 bits per heavy atom. The number of carbonyl (C=O) groups excluding carboxylic acids is 1. The van der Waals surface area contributed by atoms with Crippen molar-refractivity contribution >= 4 is 21.4 Å². The number of rotatable bonds is 12. The first-order valence-electron chi connectivity index (χ1n) is 9.92. The molecular formula is C20H24F3N3O7S. The number of ether oxygens (including phenoxy) is 3. The van der Waals surface area contributed by atoms with Crippen molar-refractivity contribution in [3.63, 3.8) is 0 Å². The van der Waals surface area contributed by atoms with Crippen molar-refractivity contribution in [2.24, 2.45) is 0 Å². The molecule has 14 heteroatoms. The van der Waals surface area contributed by atoms with Crippen LogP contribution in [0.15, 0.2) is 46.3 Å². The number of halogens is 3. The van der Waals surface area contributed by atoms with E-state index < -0.39 is 34.0 Å². The molecule has 1 atom stereocenters. The fourth-order valence-electron chi connectivity index (χ4n) is 2.59. The van der Waals surface area contributed by atoms with E-state index >= 15 is 0 Å². The number of hydrogen-bond acceptors (Lipinski definition) is 9. The summed E-state index contributed by atoms with van der Waals surface area (Å²) in [6.07, 6.45) is -5.02. The van der Waals surface area contributed by atoms with Crippen molar-refractivity contribution in [3.05, 3.63) is 42.2 Å². The molecule has 0 radical (unpaired) electrons. The van der Waals surface area contributed by atoms with Crippen LogP contribution in [0.25, 0.3) is 0 Å². The minimum Gasteiger partial charge on any atom is -0.406 e. The summed E-state index contributed by atoms with van der Waals surface area (Å²) in [5, 5.41) is 12.3. The first kappa shape index (κ1) is 27.3. The summed E-state index contributed by atoms with van der Waals surface area (Å²) >= 11 is 0. The number of benzene rings is 1. The minimum absolute atomic E-state index is 0.0414. The van der Waals surface area contributed by atoms with Crippen LogP contribution in [-0.2, 0) is 19.3 Å². The van der Waals surface area contributed by atoms with Gasteiger partial charge in [-0.1, -0.05) is 0 Å². The number of sulfone groups is 1. The van der Waals surface area contributed by atoms with E-state index in [1.165, 1.54) is 0 Å². The molecule has 1 unspecified atom stereocenters. The number of anilines is 1. The number of aliphatic hydroxyl groups excluding tert-OH is 1. The van der Waals surface area contributed by atoms with Gasteiger partial charge in [-0.3, -0.25) is 4.79 Å². The number of nitrogens with zero attached hydrogens (tertiary/aromatic N) is 1. The number of carbonyl (C=O) groups is 1. The van der Waals surface area contributed by atoms with E-state index in [2.05, 4.69) is 15.0 Å². The average molecular weight is 507 g/mol. The van der Waals surface area contributed by atoms with E-state index in [4.69, 9.17) is 15.2 Å². The van der Waals surface area contributed by atoms with E-state index in [-0.39, 0.29) is 40.9 Å². The molecule has 1 aromatic heterocycles. The Kier molecular flexibility index (Phi) is 9.61. The van der Waals surface area contributed by atoms with E-state index in [0.29, 0.717) is 13.2 Å². The van der Waals surface area contributed by atoms with Crippen molar-refractivity contribution in [3.8, 4) is 5.75 Å². The molecule has 0 bridgehead atoms. The maximum atomic E-state index is 12.7. The Balaban J connectivity index is 2.01. The fourth-order valence-corrected chi connectivity index (χ4v) is 3.83. The van der Waals surface area contributed by atoms with Crippen LogP contribution in [0.1, 0.15) is 17.4 Å². The topological polar surface area (TPSA) is 150 Å². The highest BCUT2D eigenvalue weighted by atomic mass is 32.2. The van der Waals surface area contributed by atoms with Crippen LogP contribution < -0.4 is 15.8 Å². The third-order valence-corrected chi connectivity index (χ3v) is 5.91. The van der Waals surface area contributed by atoms with E-state index in [9.17, 15) is 31.5 Å². The lowest BCUT2D eigenvalue weighted by atomic mass is 10.2. The summed E-state index contributed by atoms with van der Waals surface area (Å²) in [6, 6.07) is 4.58. The lowest BCUT2D eigenvalue weighted by Crippen LogP contribution is -2.35. The van der Waals surface area contributed by atoms with Crippen molar-refractivity contribution in [2.75, 3.05) is 38.7 Å². The zero-order valence-corrected chi connectivity index (χ0v) is 18.9. The van der Waals surface area contributed by atoms with Gasteiger partial charge in [-0.25, -0.2) is 13.4 Å². The second kappa shape index (κ2) is 12.0. The van der Waals surface area contributed by atoms with Gasteiger partial charge in [0.25, 0.3) is 5.91 Å². The summed E-state index contributed by atoms with van der Waals surface area (Å²) in [6.45, 7) is 2.82. The zero-order chi connectivity index (χ0) is 25.4.